The van der Waals surface area contributed by atoms with Crippen molar-refractivity contribution < 1.29 is 19.5 Å². The summed E-state index contributed by atoms with van der Waals surface area (Å²) in [6, 6.07) is 12.2. The monoisotopic (exact) mass is 657 g/mol. The van der Waals surface area contributed by atoms with Crippen molar-refractivity contribution in [3.63, 3.8) is 0 Å². The minimum Gasteiger partial charge on any atom is -0.507 e. The number of nitrogens with zero attached hydrogens (tertiary/aromatic N) is 4. The van der Waals surface area contributed by atoms with Crippen molar-refractivity contribution in [3.05, 3.63) is 82.8 Å². The number of hydrogen-bond acceptors (Lipinski definition) is 11. The number of aromatic hydroxyl groups is 1. The summed E-state index contributed by atoms with van der Waals surface area (Å²) in [7, 11) is 3.54. The molecule has 10 N–H and O–H groups in total. The summed E-state index contributed by atoms with van der Waals surface area (Å²) in [6.45, 7) is 2.64. The van der Waals surface area contributed by atoms with Crippen LogP contribution in [0.4, 0.5) is 11.4 Å². The Morgan fingerprint density at radius 2 is 1.79 bits per heavy atom. The van der Waals surface area contributed by atoms with Gasteiger partial charge in [0, 0.05) is 68.4 Å². The minimum atomic E-state index is -0.495. The molecule has 1 unspecified atom stereocenters. The van der Waals surface area contributed by atoms with E-state index in [2.05, 4.69) is 10.2 Å². The SMILES string of the molecule is CN(C=O)c1c(CCCN2CCC(N=C/C(=C\N)C(/C=C(\N)c3ccccc3O)=C(N)N)CC2)cccc1N(C)C1CCC(=O)NC1=O. The Balaban J connectivity index is 1.34. The van der Waals surface area contributed by atoms with Gasteiger partial charge in [0.2, 0.25) is 18.2 Å². The van der Waals surface area contributed by atoms with Gasteiger partial charge in [-0.3, -0.25) is 24.7 Å². The highest BCUT2D eigenvalue weighted by molar-refractivity contribution is 6.02. The van der Waals surface area contributed by atoms with Gasteiger partial charge in [0.1, 0.15) is 17.6 Å². The highest BCUT2D eigenvalue weighted by atomic mass is 16.3. The number of nitrogens with two attached hydrogens (primary N) is 4. The molecule has 0 aromatic heterocycles. The Hall–Kier alpha value is -5.30. The number of likely N-dealkylation sites (N-methyl/N-ethyl adjacent to an activating group) is 1. The number of likely N-dealkylation sites (tertiary alicyclic amines) is 1. The van der Waals surface area contributed by atoms with Crippen molar-refractivity contribution in [2.45, 2.75) is 50.6 Å². The zero-order chi connectivity index (χ0) is 34.8. The number of hydrogen-bond donors (Lipinski definition) is 6. The van der Waals surface area contributed by atoms with E-state index >= 15 is 0 Å². The van der Waals surface area contributed by atoms with Gasteiger partial charge in [-0.05, 0) is 68.5 Å². The molecular weight excluding hydrogens is 610 g/mol. The number of imide groups is 1. The van der Waals surface area contributed by atoms with E-state index in [1.807, 2.05) is 30.1 Å². The molecule has 48 heavy (non-hydrogen) atoms. The van der Waals surface area contributed by atoms with Crippen molar-refractivity contribution in [2.24, 2.45) is 27.9 Å². The fourth-order valence-electron chi connectivity index (χ4n) is 6.20. The van der Waals surface area contributed by atoms with Crippen molar-refractivity contribution in [1.82, 2.24) is 10.2 Å². The molecule has 4 rings (SSSR count). The van der Waals surface area contributed by atoms with Gasteiger partial charge in [0.15, 0.2) is 0 Å². The predicted molar refractivity (Wildman–Crippen MR) is 190 cm³/mol. The second-order valence-corrected chi connectivity index (χ2v) is 12.1. The van der Waals surface area contributed by atoms with E-state index in [-0.39, 0.29) is 41.5 Å². The first-order valence-electron chi connectivity index (χ1n) is 16.1. The molecule has 2 heterocycles. The molecule has 2 fully saturated rings. The maximum absolute atomic E-state index is 12.6. The summed E-state index contributed by atoms with van der Waals surface area (Å²) in [5.41, 5.74) is 28.4. The van der Waals surface area contributed by atoms with Gasteiger partial charge < -0.3 is 42.7 Å². The Morgan fingerprint density at radius 3 is 2.44 bits per heavy atom. The molecule has 0 saturated carbocycles. The first kappa shape index (κ1) is 35.6. The summed E-state index contributed by atoms with van der Waals surface area (Å²) in [6.07, 6.45) is 9.48. The van der Waals surface area contributed by atoms with E-state index in [1.165, 1.54) is 6.20 Å². The van der Waals surface area contributed by atoms with Gasteiger partial charge in [-0.2, -0.15) is 0 Å². The normalized spacial score (nSPS) is 18.1. The molecule has 2 saturated heterocycles. The fraction of sp³-hybridized carbons (Fsp3) is 0.371. The van der Waals surface area contributed by atoms with Crippen LogP contribution in [0.1, 0.15) is 43.2 Å². The molecule has 0 radical (unpaired) electrons. The number of nitrogens with one attached hydrogen (secondary N) is 1. The number of phenolic OH excluding ortho intramolecular Hbond substituents is 1. The van der Waals surface area contributed by atoms with Gasteiger partial charge >= 0.3 is 0 Å². The zero-order valence-electron chi connectivity index (χ0n) is 27.6. The third-order valence-corrected chi connectivity index (χ3v) is 8.89. The molecule has 1 atom stereocenters. The molecule has 3 amide bonds. The second kappa shape index (κ2) is 16.5. The third-order valence-electron chi connectivity index (χ3n) is 8.89. The number of amides is 3. The Labute approximate surface area is 281 Å². The number of benzene rings is 2. The molecule has 2 aliphatic rings. The van der Waals surface area contributed by atoms with Crippen LogP contribution in [0.3, 0.4) is 0 Å². The number of para-hydroxylation sites is 2. The first-order valence-corrected chi connectivity index (χ1v) is 16.1. The topological polar surface area (TPSA) is 210 Å². The lowest BCUT2D eigenvalue weighted by Crippen LogP contribution is -2.51. The van der Waals surface area contributed by atoms with E-state index in [0.29, 0.717) is 23.1 Å². The highest BCUT2D eigenvalue weighted by Gasteiger charge is 2.31. The van der Waals surface area contributed by atoms with Crippen molar-refractivity contribution in [1.29, 1.82) is 0 Å². The van der Waals surface area contributed by atoms with Gasteiger partial charge in [-0.15, -0.1) is 0 Å². The van der Waals surface area contributed by atoms with Crippen molar-refractivity contribution >= 4 is 41.5 Å². The number of carbonyl (C=O) groups is 3. The van der Waals surface area contributed by atoms with Gasteiger partial charge in [0.25, 0.3) is 0 Å². The maximum Gasteiger partial charge on any atom is 0.249 e. The van der Waals surface area contributed by atoms with Gasteiger partial charge in [-0.25, -0.2) is 0 Å². The van der Waals surface area contributed by atoms with Crippen LogP contribution in [0, 0.1) is 0 Å². The molecule has 256 valence electrons. The Kier molecular flexibility index (Phi) is 12.2. The minimum absolute atomic E-state index is 0.0296. The summed E-state index contributed by atoms with van der Waals surface area (Å²) in [5.74, 6) is -0.519. The number of rotatable bonds is 13. The zero-order valence-corrected chi connectivity index (χ0v) is 27.6. The summed E-state index contributed by atoms with van der Waals surface area (Å²) < 4.78 is 0. The molecule has 2 aliphatic heterocycles. The standard InChI is InChI=1S/C35H47N9O4/c1-42(22-45)33-23(7-5-10-29(33)43(2)30-12-13-32(47)41-35(30)48)8-6-16-44-17-14-25(15-18-44)40-21-24(20-36)27(34(38)39)19-28(37)26-9-3-4-11-31(26)46/h3-5,7,9-11,19-22,25,30,46H,6,8,12-18,36-39H2,1-2H3,(H,41,47,48)/b24-20+,28-19-,40-21?. The largest absolute Gasteiger partial charge is 0.507 e. The van der Waals surface area contributed by atoms with Crippen molar-refractivity contribution in [2.75, 3.05) is 43.5 Å². The lowest BCUT2D eigenvalue weighted by Gasteiger charge is -2.34. The number of allylic oxidation sites excluding steroid dienone is 3. The Bertz CT molecular complexity index is 1600. The molecule has 2 aromatic carbocycles. The lowest BCUT2D eigenvalue weighted by atomic mass is 10.00. The fourth-order valence-corrected chi connectivity index (χ4v) is 6.20. The molecule has 0 aliphatic carbocycles. The number of piperidine rings is 2. The first-order chi connectivity index (χ1) is 23.0. The van der Waals surface area contributed by atoms with Crippen LogP contribution in [-0.2, 0) is 20.8 Å². The molecule has 13 nitrogen and oxygen atoms in total. The van der Waals surface area contributed by atoms with Crippen LogP contribution in [0.2, 0.25) is 0 Å². The van der Waals surface area contributed by atoms with E-state index in [0.717, 1.165) is 68.7 Å². The quantitative estimate of drug-likeness (QED) is 0.0794. The number of anilines is 2. The maximum atomic E-state index is 12.6. The molecule has 0 bridgehead atoms. The van der Waals surface area contributed by atoms with Crippen LogP contribution in [-0.4, -0.2) is 80.3 Å². The van der Waals surface area contributed by atoms with E-state index in [4.69, 9.17) is 27.9 Å². The second-order valence-electron chi connectivity index (χ2n) is 12.1. The van der Waals surface area contributed by atoms with E-state index in [9.17, 15) is 19.5 Å². The van der Waals surface area contributed by atoms with Gasteiger partial charge in [0.05, 0.1) is 17.4 Å². The van der Waals surface area contributed by atoms with Crippen LogP contribution in [0.25, 0.3) is 5.70 Å². The number of carbonyl (C=O) groups excluding carboxylic acids is 3. The molecule has 2 aromatic rings. The van der Waals surface area contributed by atoms with Crippen LogP contribution in [0.5, 0.6) is 5.75 Å². The summed E-state index contributed by atoms with van der Waals surface area (Å²) in [4.78, 5) is 46.7. The van der Waals surface area contributed by atoms with Crippen molar-refractivity contribution in [3.8, 4) is 5.75 Å². The average molecular weight is 658 g/mol. The number of aliphatic imine (C=N–C) groups is 1. The average Bonchev–Trinajstić information content (AvgIpc) is 3.08. The molecule has 13 heteroatoms. The predicted octanol–water partition coefficient (Wildman–Crippen LogP) is 1.67. The number of phenols is 1. The lowest BCUT2D eigenvalue weighted by molar-refractivity contribution is -0.134. The molecule has 0 spiro atoms. The summed E-state index contributed by atoms with van der Waals surface area (Å²) >= 11 is 0. The van der Waals surface area contributed by atoms with Crippen LogP contribution in [0.15, 0.2) is 76.7 Å². The van der Waals surface area contributed by atoms with Crippen LogP contribution >= 0.6 is 0 Å². The highest BCUT2D eigenvalue weighted by Crippen LogP contribution is 2.34. The summed E-state index contributed by atoms with van der Waals surface area (Å²) in [5, 5.41) is 12.6. The van der Waals surface area contributed by atoms with Crippen LogP contribution < -0.4 is 38.1 Å². The van der Waals surface area contributed by atoms with Gasteiger partial charge in [-0.1, -0.05) is 24.3 Å². The van der Waals surface area contributed by atoms with E-state index in [1.54, 1.807) is 48.5 Å². The third kappa shape index (κ3) is 8.73. The Morgan fingerprint density at radius 1 is 1.06 bits per heavy atom. The number of aryl methyl sites for hydroxylation is 1. The molecular formula is C35H47N9O4. The van der Waals surface area contributed by atoms with E-state index < -0.39 is 6.04 Å². The smallest absolute Gasteiger partial charge is 0.249 e.